The van der Waals surface area contributed by atoms with E-state index in [2.05, 4.69) is 0 Å². The molecule has 0 saturated carbocycles. The van der Waals surface area contributed by atoms with Crippen molar-refractivity contribution in [3.8, 4) is 0 Å². The summed E-state index contributed by atoms with van der Waals surface area (Å²) in [6.45, 7) is 0. The minimum Gasteiger partial charge on any atom is -0.412 e. The quantitative estimate of drug-likeness (QED) is 0.626. The first-order valence-corrected chi connectivity index (χ1v) is 0.408. The predicted octanol–water partition coefficient (Wildman–Crippen LogP) is 4.02. The zero-order valence-corrected chi connectivity index (χ0v) is 3.32. The molecule has 0 aliphatic heterocycles. The summed E-state index contributed by atoms with van der Waals surface area (Å²) in [5.74, 6) is 0. The fourth-order valence-electron chi connectivity index (χ4n) is 0. The molecule has 0 aromatic heterocycles. The molecule has 0 bridgehead atoms. The fraction of sp³-hybridized carbons (Fsp3) is 0.889. The second-order valence-corrected chi connectivity index (χ2v) is 0.0833. The Labute approximate surface area is 97.7 Å². The zero-order valence-electron chi connectivity index (χ0n) is 4.32. The van der Waals surface area contributed by atoms with E-state index < -0.39 is 0 Å². The molecule has 0 amide bonds. The Morgan fingerprint density at radius 1 is 0.615 bits per heavy atom. The predicted molar refractivity (Wildman–Crippen MR) is 75.1 cm³/mol. The van der Waals surface area contributed by atoms with Gasteiger partial charge in [0, 0.05) is 0 Å². The van der Waals surface area contributed by atoms with Gasteiger partial charge in [0.05, 0.1) is 0 Å². The van der Waals surface area contributed by atoms with Gasteiger partial charge in [0.2, 0.25) is 0 Å². The molecule has 4 heteroatoms. The van der Waals surface area contributed by atoms with Crippen molar-refractivity contribution in [1.82, 2.24) is 0 Å². The van der Waals surface area contributed by atoms with Crippen molar-refractivity contribution < 1.29 is 17.9 Å². The summed E-state index contributed by atoms with van der Waals surface area (Å²) >= 11 is 0. The van der Waals surface area contributed by atoms with Gasteiger partial charge in [0.25, 0.3) is 0 Å². The molecule has 0 fully saturated rings. The summed E-state index contributed by atoms with van der Waals surface area (Å²) in [4.78, 5) is 16.2. The van der Waals surface area contributed by atoms with Crippen LogP contribution in [0.3, 0.4) is 0 Å². The Morgan fingerprint density at radius 2 is 0.615 bits per heavy atom. The fourth-order valence-corrected chi connectivity index (χ4v) is 0. The van der Waals surface area contributed by atoms with E-state index in [1.807, 2.05) is 0 Å². The van der Waals surface area contributed by atoms with Gasteiger partial charge in [0.15, 0.2) is 0 Å². The normalized spacial score (nSPS) is 0.615. The maximum atomic E-state index is 8.12. The molecule has 0 saturated heterocycles. The van der Waals surface area contributed by atoms with E-state index in [0.29, 0.717) is 0 Å². The van der Waals surface area contributed by atoms with Crippen molar-refractivity contribution in [2.75, 3.05) is 0 Å². The highest BCUT2D eigenvalue weighted by molar-refractivity contribution is 7.59. The van der Waals surface area contributed by atoms with Crippen LogP contribution in [0.25, 0.3) is 0 Å². The average Bonchev–Trinajstić information content (AvgIpc) is 0.918. The molecule has 0 spiro atoms. The van der Waals surface area contributed by atoms with Crippen LogP contribution in [0.1, 0.15) is 62.3 Å². The molecule has 13 heavy (non-hydrogen) atoms. The first-order valence-electron chi connectivity index (χ1n) is 0.408. The highest BCUT2D eigenvalue weighted by Crippen LogP contribution is 0.787. The Balaban J connectivity index is -0.000000000303. The van der Waals surface area contributed by atoms with Crippen molar-refractivity contribution in [1.29, 1.82) is 0 Å². The SMILES string of the molecule is C.C.C.C.C.C.C.C.O.O=C=O.S.[H+].[H+]. The largest absolute Gasteiger partial charge is 1.00 e. The van der Waals surface area contributed by atoms with Gasteiger partial charge in [-0.3, -0.25) is 0 Å². The van der Waals surface area contributed by atoms with E-state index in [0.717, 1.165) is 0 Å². The highest BCUT2D eigenvalue weighted by Gasteiger charge is 1.13. The lowest BCUT2D eigenvalue weighted by atomic mass is 11.8. The van der Waals surface area contributed by atoms with Crippen molar-refractivity contribution in [3.63, 3.8) is 0 Å². The molecule has 0 radical (unpaired) electrons. The van der Waals surface area contributed by atoms with E-state index in [9.17, 15) is 0 Å². The molecule has 0 aromatic rings. The van der Waals surface area contributed by atoms with Crippen LogP contribution in [0.15, 0.2) is 0 Å². The Kier molecular flexibility index (Phi) is 131000. The van der Waals surface area contributed by atoms with Crippen LogP contribution < -0.4 is 0 Å². The molecule has 0 atom stereocenters. The van der Waals surface area contributed by atoms with Crippen LogP contribution in [0, 0.1) is 0 Å². The van der Waals surface area contributed by atoms with Crippen LogP contribution in [0.5, 0.6) is 0 Å². The first kappa shape index (κ1) is 607. The first-order chi connectivity index (χ1) is 1.41. The van der Waals surface area contributed by atoms with E-state index in [-0.39, 0.29) is 87.4 Å². The zero-order chi connectivity index (χ0) is 2.71. The van der Waals surface area contributed by atoms with Crippen molar-refractivity contribution in [3.05, 3.63) is 0 Å². The van der Waals surface area contributed by atoms with Gasteiger partial charge in [0.1, 0.15) is 0 Å². The Hall–Kier alpha value is -0.310. The third-order valence-corrected chi connectivity index (χ3v) is 0. The molecular weight excluding hydrogens is 188 g/mol. The molecule has 0 rings (SSSR count). The smallest absolute Gasteiger partial charge is 0.412 e. The summed E-state index contributed by atoms with van der Waals surface area (Å²) in [5, 5.41) is 0. The lowest BCUT2D eigenvalue weighted by Gasteiger charge is -0.945. The van der Waals surface area contributed by atoms with Gasteiger partial charge in [-0.1, -0.05) is 59.4 Å². The number of hydrogen-bond donors (Lipinski definition) is 0. The standard InChI is InChI=1S/CO2.8CH4.H2O.H2S/c2-1-3;;;;;;;;;;/h;8*1H4;2*1H2/p+2. The van der Waals surface area contributed by atoms with Gasteiger partial charge in [-0.05, 0) is 0 Å². The molecule has 0 heterocycles. The van der Waals surface area contributed by atoms with Crippen LogP contribution >= 0.6 is 13.5 Å². The summed E-state index contributed by atoms with van der Waals surface area (Å²) < 4.78 is 0. The molecule has 0 aromatic carbocycles. The summed E-state index contributed by atoms with van der Waals surface area (Å²) in [5.41, 5.74) is 0. The van der Waals surface area contributed by atoms with Crippen LogP contribution in [0.2, 0.25) is 0 Å². The van der Waals surface area contributed by atoms with E-state index in [1.54, 1.807) is 0 Å². The molecule has 0 unspecified atom stereocenters. The minimum absolute atomic E-state index is 0. The molecular formula is C9H38O3S+2. The van der Waals surface area contributed by atoms with Gasteiger partial charge in [-0.15, -0.1) is 0 Å². The maximum absolute atomic E-state index is 8.12. The minimum atomic E-state index is 0. The Morgan fingerprint density at radius 3 is 0.615 bits per heavy atom. The summed E-state index contributed by atoms with van der Waals surface area (Å²) in [6, 6.07) is 0. The number of hydrogen-bond acceptors (Lipinski definition) is 2. The molecule has 3 nitrogen and oxygen atoms in total. The van der Waals surface area contributed by atoms with Crippen LogP contribution in [-0.4, -0.2) is 11.6 Å². The Bertz CT molecular complexity index is 44.3. The molecule has 0 aliphatic carbocycles. The molecule has 96 valence electrons. The maximum Gasteiger partial charge on any atom is 1.00 e. The summed E-state index contributed by atoms with van der Waals surface area (Å²) in [6.07, 6.45) is 0.250. The third-order valence-electron chi connectivity index (χ3n) is 0. The lowest BCUT2D eigenvalue weighted by molar-refractivity contribution is -0.191. The van der Waals surface area contributed by atoms with Crippen molar-refractivity contribution in [2.24, 2.45) is 0 Å². The van der Waals surface area contributed by atoms with Crippen molar-refractivity contribution >= 4 is 19.6 Å². The van der Waals surface area contributed by atoms with Gasteiger partial charge in [-0.2, -0.15) is 23.1 Å². The topological polar surface area (TPSA) is 65.6 Å². The average molecular weight is 226 g/mol. The van der Waals surface area contributed by atoms with Gasteiger partial charge in [-0.25, -0.2) is 0 Å². The molecule has 0 aliphatic rings. The van der Waals surface area contributed by atoms with Gasteiger partial charge >= 0.3 is 9.00 Å². The summed E-state index contributed by atoms with van der Waals surface area (Å²) in [7, 11) is 0. The van der Waals surface area contributed by atoms with E-state index >= 15 is 0 Å². The number of rotatable bonds is 0. The van der Waals surface area contributed by atoms with Crippen LogP contribution in [0.4, 0.5) is 0 Å². The monoisotopic (exact) mass is 226 g/mol. The molecule has 2 N–H and O–H groups in total. The lowest BCUT2D eigenvalue weighted by Crippen LogP contribution is -1.22. The van der Waals surface area contributed by atoms with Crippen LogP contribution in [-0.2, 0) is 9.59 Å². The van der Waals surface area contributed by atoms with Gasteiger partial charge < -0.3 is 5.48 Å². The second-order valence-electron chi connectivity index (χ2n) is 0.0833. The van der Waals surface area contributed by atoms with E-state index in [1.165, 1.54) is 0 Å². The number of carbonyl (C=O) groups excluding carboxylic acids is 2. The third kappa shape index (κ3) is 11400. The van der Waals surface area contributed by atoms with E-state index in [4.69, 9.17) is 9.59 Å². The van der Waals surface area contributed by atoms with Crippen molar-refractivity contribution in [2.45, 2.75) is 59.4 Å². The second kappa shape index (κ2) is 2810. The highest BCUT2D eigenvalue weighted by atomic mass is 32.1.